The summed E-state index contributed by atoms with van der Waals surface area (Å²) in [7, 11) is 0. The van der Waals surface area contributed by atoms with Gasteiger partial charge in [-0.3, -0.25) is 0 Å². The van der Waals surface area contributed by atoms with Crippen LogP contribution >= 0.6 is 0 Å². The van der Waals surface area contributed by atoms with Crippen molar-refractivity contribution in [1.82, 2.24) is 4.98 Å². The Kier molecular flexibility index (Phi) is 3.64. The van der Waals surface area contributed by atoms with Gasteiger partial charge < -0.3 is 10.4 Å². The van der Waals surface area contributed by atoms with E-state index in [4.69, 9.17) is 5.26 Å². The largest absolute Gasteiger partial charge is 0.394 e. The van der Waals surface area contributed by atoms with Crippen LogP contribution in [0.15, 0.2) is 18.3 Å². The first-order valence-electron chi connectivity index (χ1n) is 4.89. The van der Waals surface area contributed by atoms with Crippen LogP contribution in [0.3, 0.4) is 0 Å². The highest BCUT2D eigenvalue weighted by atomic mass is 16.3. The number of aliphatic hydroxyl groups excluding tert-OH is 1. The number of hydrogen-bond acceptors (Lipinski definition) is 4. The van der Waals surface area contributed by atoms with Gasteiger partial charge in [0.25, 0.3) is 0 Å². The molecule has 15 heavy (non-hydrogen) atoms. The maximum atomic E-state index is 9.23. The standard InChI is InChI=1S/C11H15N3O/c1-3-11(2,8-15)14-9-4-5-13-10(6-9)7-12/h4-6,15H,3,8H2,1-2H3,(H,13,14). The molecule has 0 amide bonds. The second kappa shape index (κ2) is 4.76. The highest BCUT2D eigenvalue weighted by Gasteiger charge is 2.20. The summed E-state index contributed by atoms with van der Waals surface area (Å²) >= 11 is 0. The average Bonchev–Trinajstić information content (AvgIpc) is 2.29. The van der Waals surface area contributed by atoms with Gasteiger partial charge in [-0.25, -0.2) is 4.98 Å². The first-order chi connectivity index (χ1) is 7.13. The van der Waals surface area contributed by atoms with Crippen molar-refractivity contribution in [3.63, 3.8) is 0 Å². The van der Waals surface area contributed by atoms with E-state index in [0.29, 0.717) is 5.69 Å². The number of nitrogens with one attached hydrogen (secondary N) is 1. The molecule has 0 aliphatic carbocycles. The van der Waals surface area contributed by atoms with Crippen LogP contribution in [0, 0.1) is 11.3 Å². The van der Waals surface area contributed by atoms with Crippen molar-refractivity contribution in [1.29, 1.82) is 5.26 Å². The van der Waals surface area contributed by atoms with Crippen LogP contribution in [-0.2, 0) is 0 Å². The summed E-state index contributed by atoms with van der Waals surface area (Å²) in [5, 5.41) is 21.1. The van der Waals surface area contributed by atoms with Gasteiger partial charge in [0.15, 0.2) is 0 Å². The molecule has 0 aromatic carbocycles. The molecule has 1 atom stereocenters. The minimum atomic E-state index is -0.353. The second-order valence-electron chi connectivity index (χ2n) is 3.74. The zero-order valence-corrected chi connectivity index (χ0v) is 8.99. The molecule has 4 heteroatoms. The third-order valence-corrected chi connectivity index (χ3v) is 2.45. The summed E-state index contributed by atoms with van der Waals surface area (Å²) in [5.74, 6) is 0. The fourth-order valence-electron chi connectivity index (χ4n) is 1.16. The lowest BCUT2D eigenvalue weighted by molar-refractivity contribution is 0.219. The summed E-state index contributed by atoms with van der Waals surface area (Å²) in [6, 6.07) is 5.43. The molecule has 0 radical (unpaired) electrons. The quantitative estimate of drug-likeness (QED) is 0.782. The third kappa shape index (κ3) is 2.93. The van der Waals surface area contributed by atoms with E-state index < -0.39 is 0 Å². The van der Waals surface area contributed by atoms with Gasteiger partial charge in [0.05, 0.1) is 12.1 Å². The van der Waals surface area contributed by atoms with Gasteiger partial charge in [-0.15, -0.1) is 0 Å². The molecule has 1 heterocycles. The summed E-state index contributed by atoms with van der Waals surface area (Å²) in [4.78, 5) is 3.88. The van der Waals surface area contributed by atoms with Gasteiger partial charge in [-0.05, 0) is 25.5 Å². The molecule has 0 aliphatic rings. The molecule has 0 saturated carbocycles. The zero-order chi connectivity index (χ0) is 11.3. The summed E-state index contributed by atoms with van der Waals surface area (Å²) in [5.41, 5.74) is 0.824. The first-order valence-corrected chi connectivity index (χ1v) is 4.89. The first kappa shape index (κ1) is 11.5. The van der Waals surface area contributed by atoms with Crippen LogP contribution in [0.5, 0.6) is 0 Å². The van der Waals surface area contributed by atoms with E-state index in [1.165, 1.54) is 0 Å². The number of anilines is 1. The summed E-state index contributed by atoms with van der Waals surface area (Å²) in [6.45, 7) is 3.98. The van der Waals surface area contributed by atoms with Crippen molar-refractivity contribution in [3.05, 3.63) is 24.0 Å². The molecule has 0 fully saturated rings. The van der Waals surface area contributed by atoms with Crippen LogP contribution in [0.4, 0.5) is 5.69 Å². The van der Waals surface area contributed by atoms with Crippen molar-refractivity contribution in [2.24, 2.45) is 0 Å². The van der Waals surface area contributed by atoms with Gasteiger partial charge in [0.2, 0.25) is 0 Å². The Morgan fingerprint density at radius 1 is 1.67 bits per heavy atom. The normalized spacial score (nSPS) is 14.0. The van der Waals surface area contributed by atoms with E-state index in [9.17, 15) is 5.11 Å². The zero-order valence-electron chi connectivity index (χ0n) is 8.99. The van der Waals surface area contributed by atoms with Crippen molar-refractivity contribution >= 4 is 5.69 Å². The third-order valence-electron chi connectivity index (χ3n) is 2.45. The maximum Gasteiger partial charge on any atom is 0.142 e. The molecule has 1 unspecified atom stereocenters. The van der Waals surface area contributed by atoms with Crippen molar-refractivity contribution in [3.8, 4) is 6.07 Å². The number of aromatic nitrogens is 1. The number of nitriles is 1. The van der Waals surface area contributed by atoms with Gasteiger partial charge in [0.1, 0.15) is 11.8 Å². The molecule has 1 rings (SSSR count). The van der Waals surface area contributed by atoms with Crippen molar-refractivity contribution < 1.29 is 5.11 Å². The summed E-state index contributed by atoms with van der Waals surface area (Å²) in [6.07, 6.45) is 2.38. The Morgan fingerprint density at radius 3 is 2.93 bits per heavy atom. The maximum absolute atomic E-state index is 9.23. The fourth-order valence-corrected chi connectivity index (χ4v) is 1.16. The predicted octanol–water partition coefficient (Wildman–Crippen LogP) is 1.53. The Hall–Kier alpha value is -1.60. The smallest absolute Gasteiger partial charge is 0.142 e. The predicted molar refractivity (Wildman–Crippen MR) is 58.4 cm³/mol. The Bertz CT molecular complexity index is 366. The van der Waals surface area contributed by atoms with Crippen molar-refractivity contribution in [2.45, 2.75) is 25.8 Å². The van der Waals surface area contributed by atoms with Crippen LogP contribution in [0.1, 0.15) is 26.0 Å². The number of rotatable bonds is 4. The number of nitrogens with zero attached hydrogens (tertiary/aromatic N) is 2. The van der Waals surface area contributed by atoms with Gasteiger partial charge in [0, 0.05) is 11.9 Å². The van der Waals surface area contributed by atoms with E-state index in [2.05, 4.69) is 10.3 Å². The molecule has 0 spiro atoms. The molecular weight excluding hydrogens is 190 g/mol. The fraction of sp³-hybridized carbons (Fsp3) is 0.455. The van der Waals surface area contributed by atoms with E-state index in [1.54, 1.807) is 18.3 Å². The minimum absolute atomic E-state index is 0.0493. The monoisotopic (exact) mass is 205 g/mol. The topological polar surface area (TPSA) is 68.9 Å². The number of aliphatic hydroxyl groups is 1. The Balaban J connectivity index is 2.85. The van der Waals surface area contributed by atoms with E-state index in [1.807, 2.05) is 19.9 Å². The van der Waals surface area contributed by atoms with E-state index >= 15 is 0 Å². The lowest BCUT2D eigenvalue weighted by Gasteiger charge is -2.28. The SMILES string of the molecule is CCC(C)(CO)Nc1ccnc(C#N)c1. The molecule has 1 aromatic rings. The molecule has 0 bridgehead atoms. The number of pyridine rings is 1. The van der Waals surface area contributed by atoms with Crippen LogP contribution in [-0.4, -0.2) is 22.2 Å². The Morgan fingerprint density at radius 2 is 2.40 bits per heavy atom. The molecular formula is C11H15N3O. The molecule has 0 saturated heterocycles. The summed E-state index contributed by atoms with van der Waals surface area (Å²) < 4.78 is 0. The van der Waals surface area contributed by atoms with Gasteiger partial charge in [-0.2, -0.15) is 5.26 Å². The van der Waals surface area contributed by atoms with Crippen molar-refractivity contribution in [2.75, 3.05) is 11.9 Å². The average molecular weight is 205 g/mol. The molecule has 0 aliphatic heterocycles. The highest BCUT2D eigenvalue weighted by Crippen LogP contribution is 2.17. The molecule has 4 nitrogen and oxygen atoms in total. The Labute approximate surface area is 89.6 Å². The molecule has 2 N–H and O–H groups in total. The van der Waals surface area contributed by atoms with Crippen LogP contribution in [0.25, 0.3) is 0 Å². The van der Waals surface area contributed by atoms with Gasteiger partial charge in [-0.1, -0.05) is 6.92 Å². The molecule has 1 aromatic heterocycles. The van der Waals surface area contributed by atoms with Gasteiger partial charge >= 0.3 is 0 Å². The lowest BCUT2D eigenvalue weighted by Crippen LogP contribution is -2.37. The van der Waals surface area contributed by atoms with Crippen LogP contribution in [0.2, 0.25) is 0 Å². The van der Waals surface area contributed by atoms with E-state index in [0.717, 1.165) is 12.1 Å². The van der Waals surface area contributed by atoms with E-state index in [-0.39, 0.29) is 12.1 Å². The highest BCUT2D eigenvalue weighted by molar-refractivity contribution is 5.47. The minimum Gasteiger partial charge on any atom is -0.394 e. The van der Waals surface area contributed by atoms with Crippen LogP contribution < -0.4 is 5.32 Å². The molecule has 80 valence electrons. The second-order valence-corrected chi connectivity index (χ2v) is 3.74. The lowest BCUT2D eigenvalue weighted by atomic mass is 10.00. The number of hydrogen-bond donors (Lipinski definition) is 2.